The minimum absolute atomic E-state index is 0.346. The van der Waals surface area contributed by atoms with E-state index in [9.17, 15) is 0 Å². The molecule has 2 atom stereocenters. The lowest BCUT2D eigenvalue weighted by Crippen LogP contribution is -2.50. The fourth-order valence-corrected chi connectivity index (χ4v) is 3.22. The van der Waals surface area contributed by atoms with Gasteiger partial charge in [0.25, 0.3) is 0 Å². The van der Waals surface area contributed by atoms with Crippen molar-refractivity contribution in [1.29, 1.82) is 0 Å². The Labute approximate surface area is 141 Å². The first kappa shape index (κ1) is 18.5. The summed E-state index contributed by atoms with van der Waals surface area (Å²) in [5, 5.41) is 6.76. The van der Waals surface area contributed by atoms with Gasteiger partial charge in [-0.3, -0.25) is 9.89 Å². The van der Waals surface area contributed by atoms with Gasteiger partial charge in [-0.2, -0.15) is 0 Å². The van der Waals surface area contributed by atoms with Crippen LogP contribution in [0, 0.1) is 0 Å². The SMILES string of the molecule is CCNC(=NCC(C)N1CCN(CC)CC1)NCC1CCCO1. The summed E-state index contributed by atoms with van der Waals surface area (Å²) in [5.41, 5.74) is 0. The maximum Gasteiger partial charge on any atom is 0.191 e. The predicted octanol–water partition coefficient (Wildman–Crippen LogP) is 0.747. The topological polar surface area (TPSA) is 52.1 Å². The Hall–Kier alpha value is -0.850. The summed E-state index contributed by atoms with van der Waals surface area (Å²) in [6, 6.07) is 0.493. The molecule has 2 aliphatic rings. The highest BCUT2D eigenvalue weighted by Crippen LogP contribution is 2.10. The second kappa shape index (κ2) is 10.1. The van der Waals surface area contributed by atoms with Gasteiger partial charge in [0.1, 0.15) is 0 Å². The monoisotopic (exact) mass is 325 g/mol. The van der Waals surface area contributed by atoms with E-state index >= 15 is 0 Å². The smallest absolute Gasteiger partial charge is 0.191 e. The summed E-state index contributed by atoms with van der Waals surface area (Å²) in [6.07, 6.45) is 2.68. The van der Waals surface area contributed by atoms with E-state index in [2.05, 4.69) is 41.2 Å². The Kier molecular flexibility index (Phi) is 8.12. The van der Waals surface area contributed by atoms with Gasteiger partial charge in [0.2, 0.25) is 0 Å². The molecule has 0 aromatic heterocycles. The highest BCUT2D eigenvalue weighted by Gasteiger charge is 2.20. The van der Waals surface area contributed by atoms with Crippen LogP contribution in [0.1, 0.15) is 33.6 Å². The summed E-state index contributed by atoms with van der Waals surface area (Å²) in [5.74, 6) is 0.919. The largest absolute Gasteiger partial charge is 0.376 e. The summed E-state index contributed by atoms with van der Waals surface area (Å²) >= 11 is 0. The van der Waals surface area contributed by atoms with Gasteiger partial charge in [-0.25, -0.2) is 0 Å². The van der Waals surface area contributed by atoms with Crippen molar-refractivity contribution in [3.63, 3.8) is 0 Å². The lowest BCUT2D eigenvalue weighted by Gasteiger charge is -2.37. The molecular formula is C17H35N5O. The zero-order chi connectivity index (χ0) is 16.5. The first-order valence-corrected chi connectivity index (χ1v) is 9.33. The van der Waals surface area contributed by atoms with Crippen LogP contribution in [0.3, 0.4) is 0 Å². The molecular weight excluding hydrogens is 290 g/mol. The quantitative estimate of drug-likeness (QED) is 0.534. The van der Waals surface area contributed by atoms with Crippen LogP contribution in [-0.2, 0) is 4.74 Å². The van der Waals surface area contributed by atoms with Crippen LogP contribution in [0.15, 0.2) is 4.99 Å². The highest BCUT2D eigenvalue weighted by atomic mass is 16.5. The number of hydrogen-bond donors (Lipinski definition) is 2. The van der Waals surface area contributed by atoms with Crippen LogP contribution in [0.4, 0.5) is 0 Å². The zero-order valence-electron chi connectivity index (χ0n) is 15.2. The first-order valence-electron chi connectivity index (χ1n) is 9.33. The average Bonchev–Trinajstić information content (AvgIpc) is 3.10. The summed E-state index contributed by atoms with van der Waals surface area (Å²) in [6.45, 7) is 16.0. The maximum atomic E-state index is 5.66. The molecule has 0 aromatic rings. The minimum atomic E-state index is 0.346. The van der Waals surface area contributed by atoms with Crippen LogP contribution in [-0.4, -0.2) is 86.9 Å². The molecule has 2 heterocycles. The number of likely N-dealkylation sites (N-methyl/N-ethyl adjacent to an activating group) is 1. The molecule has 6 heteroatoms. The Bertz CT molecular complexity index is 349. The Morgan fingerprint density at radius 3 is 2.61 bits per heavy atom. The Morgan fingerprint density at radius 2 is 2.00 bits per heavy atom. The zero-order valence-corrected chi connectivity index (χ0v) is 15.2. The van der Waals surface area contributed by atoms with E-state index in [-0.39, 0.29) is 0 Å². The van der Waals surface area contributed by atoms with Crippen LogP contribution in [0.2, 0.25) is 0 Å². The van der Waals surface area contributed by atoms with E-state index in [1.165, 1.54) is 19.5 Å². The molecule has 0 aromatic carbocycles. The molecule has 23 heavy (non-hydrogen) atoms. The van der Waals surface area contributed by atoms with Gasteiger partial charge in [-0.05, 0) is 33.2 Å². The van der Waals surface area contributed by atoms with Gasteiger partial charge >= 0.3 is 0 Å². The van der Waals surface area contributed by atoms with Crippen LogP contribution in [0.25, 0.3) is 0 Å². The standard InChI is InChI=1S/C17H35N5O/c1-4-18-17(20-14-16-7-6-12-23-16)19-13-15(3)22-10-8-21(5-2)9-11-22/h15-16H,4-14H2,1-3H3,(H2,18,19,20). The van der Waals surface area contributed by atoms with Crippen molar-refractivity contribution in [3.8, 4) is 0 Å². The van der Waals surface area contributed by atoms with Crippen molar-refractivity contribution in [2.45, 2.75) is 45.8 Å². The predicted molar refractivity (Wildman–Crippen MR) is 96.1 cm³/mol. The van der Waals surface area contributed by atoms with Gasteiger partial charge < -0.3 is 20.3 Å². The lowest BCUT2D eigenvalue weighted by molar-refractivity contribution is 0.109. The lowest BCUT2D eigenvalue weighted by atomic mass is 10.2. The normalized spacial score (nSPS) is 25.5. The second-order valence-corrected chi connectivity index (χ2v) is 6.55. The number of guanidine groups is 1. The van der Waals surface area contributed by atoms with Crippen LogP contribution < -0.4 is 10.6 Å². The fourth-order valence-electron chi connectivity index (χ4n) is 3.22. The van der Waals surface area contributed by atoms with E-state index in [4.69, 9.17) is 9.73 Å². The Balaban J connectivity index is 1.74. The summed E-state index contributed by atoms with van der Waals surface area (Å²) in [7, 11) is 0. The van der Waals surface area contributed by atoms with Crippen molar-refractivity contribution in [2.24, 2.45) is 4.99 Å². The molecule has 0 radical (unpaired) electrons. The molecule has 2 saturated heterocycles. The van der Waals surface area contributed by atoms with Gasteiger partial charge in [0.05, 0.1) is 12.6 Å². The molecule has 0 bridgehead atoms. The van der Waals surface area contributed by atoms with Crippen molar-refractivity contribution in [3.05, 3.63) is 0 Å². The van der Waals surface area contributed by atoms with Crippen molar-refractivity contribution in [1.82, 2.24) is 20.4 Å². The van der Waals surface area contributed by atoms with E-state index in [1.807, 2.05) is 0 Å². The number of ether oxygens (including phenoxy) is 1. The molecule has 6 nitrogen and oxygen atoms in total. The number of hydrogen-bond acceptors (Lipinski definition) is 4. The fraction of sp³-hybridized carbons (Fsp3) is 0.941. The molecule has 0 aliphatic carbocycles. The summed E-state index contributed by atoms with van der Waals surface area (Å²) in [4.78, 5) is 9.84. The molecule has 2 rings (SSSR count). The number of aliphatic imine (C=N–C) groups is 1. The highest BCUT2D eigenvalue weighted by molar-refractivity contribution is 5.79. The number of rotatable bonds is 7. The molecule has 0 spiro atoms. The first-order chi connectivity index (χ1) is 11.2. The third-order valence-corrected chi connectivity index (χ3v) is 4.86. The minimum Gasteiger partial charge on any atom is -0.376 e. The molecule has 0 amide bonds. The van der Waals surface area contributed by atoms with E-state index in [1.54, 1.807) is 0 Å². The molecule has 2 N–H and O–H groups in total. The van der Waals surface area contributed by atoms with Crippen molar-refractivity contribution < 1.29 is 4.74 Å². The number of nitrogens with one attached hydrogen (secondary N) is 2. The third-order valence-electron chi connectivity index (χ3n) is 4.86. The molecule has 2 unspecified atom stereocenters. The van der Waals surface area contributed by atoms with E-state index < -0.39 is 0 Å². The third kappa shape index (κ3) is 6.28. The van der Waals surface area contributed by atoms with E-state index in [0.29, 0.717) is 12.1 Å². The van der Waals surface area contributed by atoms with Gasteiger partial charge in [-0.1, -0.05) is 6.92 Å². The molecule has 0 saturated carbocycles. The summed E-state index contributed by atoms with van der Waals surface area (Å²) < 4.78 is 5.66. The molecule has 134 valence electrons. The Morgan fingerprint density at radius 1 is 1.22 bits per heavy atom. The number of nitrogens with zero attached hydrogens (tertiary/aromatic N) is 3. The average molecular weight is 326 g/mol. The maximum absolute atomic E-state index is 5.66. The van der Waals surface area contributed by atoms with Gasteiger partial charge in [-0.15, -0.1) is 0 Å². The van der Waals surface area contributed by atoms with Crippen LogP contribution in [0.5, 0.6) is 0 Å². The van der Waals surface area contributed by atoms with Gasteiger partial charge in [0.15, 0.2) is 5.96 Å². The van der Waals surface area contributed by atoms with Crippen LogP contribution >= 0.6 is 0 Å². The molecule has 2 aliphatic heterocycles. The second-order valence-electron chi connectivity index (χ2n) is 6.55. The van der Waals surface area contributed by atoms with Crippen molar-refractivity contribution in [2.75, 3.05) is 59.0 Å². The van der Waals surface area contributed by atoms with Crippen molar-refractivity contribution >= 4 is 5.96 Å². The van der Waals surface area contributed by atoms with Gasteiger partial charge in [0, 0.05) is 51.9 Å². The molecule has 2 fully saturated rings. The van der Waals surface area contributed by atoms with E-state index in [0.717, 1.165) is 58.3 Å². The number of piperazine rings is 1.